The normalized spacial score (nSPS) is 31.0. The molecule has 110 valence electrons. The van der Waals surface area contributed by atoms with E-state index in [4.69, 9.17) is 5.73 Å². The van der Waals surface area contributed by atoms with Gasteiger partial charge >= 0.3 is 0 Å². The summed E-state index contributed by atoms with van der Waals surface area (Å²) in [6, 6.07) is 6.48. The first-order chi connectivity index (χ1) is 9.69. The van der Waals surface area contributed by atoms with Gasteiger partial charge in [-0.15, -0.1) is 0 Å². The monoisotopic (exact) mass is 291 g/mol. The summed E-state index contributed by atoms with van der Waals surface area (Å²) in [5, 5.41) is 0.253. The summed E-state index contributed by atoms with van der Waals surface area (Å²) in [7, 11) is -0.893. The Labute approximate surface area is 124 Å². The lowest BCUT2D eigenvalue weighted by Crippen LogP contribution is -2.36. The topological polar surface area (TPSA) is 43.1 Å². The molecule has 1 fully saturated rings. The van der Waals surface area contributed by atoms with Gasteiger partial charge in [0.15, 0.2) is 0 Å². The van der Waals surface area contributed by atoms with Gasteiger partial charge in [-0.3, -0.25) is 4.21 Å². The summed E-state index contributed by atoms with van der Waals surface area (Å²) in [5.41, 5.74) is 8.79. The smallest absolute Gasteiger partial charge is 0.0564 e. The van der Waals surface area contributed by atoms with Crippen LogP contribution >= 0.6 is 0 Å². The van der Waals surface area contributed by atoms with Gasteiger partial charge in [-0.05, 0) is 73.7 Å². The van der Waals surface area contributed by atoms with Crippen LogP contribution in [0.2, 0.25) is 0 Å². The van der Waals surface area contributed by atoms with Crippen LogP contribution in [0, 0.1) is 11.8 Å². The second kappa shape index (κ2) is 5.98. The quantitative estimate of drug-likeness (QED) is 0.930. The van der Waals surface area contributed by atoms with Crippen molar-refractivity contribution in [3.05, 3.63) is 29.3 Å². The summed E-state index contributed by atoms with van der Waals surface area (Å²) >= 11 is 0. The van der Waals surface area contributed by atoms with Gasteiger partial charge in [0.25, 0.3) is 0 Å². The first-order valence-electron chi connectivity index (χ1n) is 7.91. The van der Waals surface area contributed by atoms with E-state index in [0.29, 0.717) is 18.4 Å². The predicted octanol–water partition coefficient (Wildman–Crippen LogP) is 3.05. The standard InChI is InChI=1S/C17H25NOS/c1-12-5-6-15(11-18)17(9-12)20(19)16-8-7-13-3-2-4-14(13)10-16/h7-8,10,12,15,17H,2-6,9,11,18H2,1H3. The number of hydrogen-bond acceptors (Lipinski definition) is 2. The Morgan fingerprint density at radius 3 is 2.85 bits per heavy atom. The molecule has 4 atom stereocenters. The van der Waals surface area contributed by atoms with Gasteiger partial charge in [-0.2, -0.15) is 0 Å². The Kier molecular flexibility index (Phi) is 4.27. The van der Waals surface area contributed by atoms with Crippen LogP contribution in [0.3, 0.4) is 0 Å². The van der Waals surface area contributed by atoms with Crippen LogP contribution in [-0.4, -0.2) is 16.0 Å². The average molecular weight is 291 g/mol. The summed E-state index contributed by atoms with van der Waals surface area (Å²) in [5.74, 6) is 1.11. The number of hydrogen-bond donors (Lipinski definition) is 1. The van der Waals surface area contributed by atoms with Gasteiger partial charge < -0.3 is 5.73 Å². The molecule has 0 amide bonds. The molecule has 1 saturated carbocycles. The van der Waals surface area contributed by atoms with Gasteiger partial charge in [0, 0.05) is 10.1 Å². The minimum atomic E-state index is -0.893. The lowest BCUT2D eigenvalue weighted by atomic mass is 9.82. The van der Waals surface area contributed by atoms with Crippen LogP contribution in [0.5, 0.6) is 0 Å². The zero-order valence-electron chi connectivity index (χ0n) is 12.3. The first-order valence-corrected chi connectivity index (χ1v) is 9.12. The van der Waals surface area contributed by atoms with Crippen molar-refractivity contribution in [1.29, 1.82) is 0 Å². The van der Waals surface area contributed by atoms with E-state index in [2.05, 4.69) is 25.1 Å². The maximum Gasteiger partial charge on any atom is 0.0564 e. The molecule has 0 bridgehead atoms. The second-order valence-corrected chi connectivity index (χ2v) is 8.21. The van der Waals surface area contributed by atoms with Gasteiger partial charge in [0.2, 0.25) is 0 Å². The molecule has 0 aromatic heterocycles. The summed E-state index contributed by atoms with van der Waals surface area (Å²) in [6.07, 6.45) is 7.03. The predicted molar refractivity (Wildman–Crippen MR) is 84.2 cm³/mol. The summed E-state index contributed by atoms with van der Waals surface area (Å²) in [6.45, 7) is 2.95. The van der Waals surface area contributed by atoms with E-state index in [1.807, 2.05) is 0 Å². The molecule has 2 aliphatic carbocycles. The van der Waals surface area contributed by atoms with Crippen molar-refractivity contribution in [3.8, 4) is 0 Å². The molecule has 1 aromatic rings. The lowest BCUT2D eigenvalue weighted by Gasteiger charge is -2.33. The molecule has 2 nitrogen and oxygen atoms in total. The van der Waals surface area contributed by atoms with Gasteiger partial charge in [0.1, 0.15) is 0 Å². The highest BCUT2D eigenvalue weighted by Gasteiger charge is 2.32. The number of nitrogens with two attached hydrogens (primary N) is 1. The van der Waals surface area contributed by atoms with Gasteiger partial charge in [-0.1, -0.05) is 19.4 Å². The van der Waals surface area contributed by atoms with Gasteiger partial charge in [-0.25, -0.2) is 0 Å². The van der Waals surface area contributed by atoms with E-state index in [0.717, 1.165) is 24.2 Å². The highest BCUT2D eigenvalue weighted by Crippen LogP contribution is 2.34. The molecule has 2 aliphatic rings. The van der Waals surface area contributed by atoms with E-state index in [9.17, 15) is 4.21 Å². The molecule has 0 radical (unpaired) electrons. The van der Waals surface area contributed by atoms with E-state index < -0.39 is 10.8 Å². The molecule has 1 aromatic carbocycles. The Hall–Kier alpha value is -0.670. The summed E-state index contributed by atoms with van der Waals surface area (Å²) in [4.78, 5) is 1.03. The SMILES string of the molecule is CC1CCC(CN)C(S(=O)c2ccc3c(c2)CCC3)C1. The zero-order valence-corrected chi connectivity index (χ0v) is 13.1. The maximum absolute atomic E-state index is 13.0. The third-order valence-electron chi connectivity index (χ3n) is 5.07. The first kappa shape index (κ1) is 14.3. The fraction of sp³-hybridized carbons (Fsp3) is 0.647. The third kappa shape index (κ3) is 2.71. The number of rotatable bonds is 3. The molecule has 0 heterocycles. The lowest BCUT2D eigenvalue weighted by molar-refractivity contribution is 0.302. The van der Waals surface area contributed by atoms with Crippen LogP contribution in [0.25, 0.3) is 0 Å². The number of aryl methyl sites for hydroxylation is 2. The van der Waals surface area contributed by atoms with Crippen molar-refractivity contribution in [2.75, 3.05) is 6.54 Å². The molecular formula is C17H25NOS. The molecule has 0 aliphatic heterocycles. The molecule has 3 rings (SSSR count). The van der Waals surface area contributed by atoms with Crippen LogP contribution in [0.15, 0.2) is 23.1 Å². The fourth-order valence-electron chi connectivity index (χ4n) is 3.77. The Morgan fingerprint density at radius 2 is 2.05 bits per heavy atom. The summed E-state index contributed by atoms with van der Waals surface area (Å²) < 4.78 is 13.0. The van der Waals surface area contributed by atoms with Crippen molar-refractivity contribution in [1.82, 2.24) is 0 Å². The maximum atomic E-state index is 13.0. The number of benzene rings is 1. The second-order valence-electron chi connectivity index (χ2n) is 6.53. The third-order valence-corrected chi connectivity index (χ3v) is 6.92. The minimum Gasteiger partial charge on any atom is -0.330 e. The van der Waals surface area contributed by atoms with Crippen molar-refractivity contribution >= 4 is 10.8 Å². The van der Waals surface area contributed by atoms with Crippen molar-refractivity contribution < 1.29 is 4.21 Å². The van der Waals surface area contributed by atoms with E-state index in [1.165, 1.54) is 30.4 Å². The Bertz CT molecular complexity index is 514. The van der Waals surface area contributed by atoms with Crippen molar-refractivity contribution in [2.45, 2.75) is 55.6 Å². The van der Waals surface area contributed by atoms with Gasteiger partial charge in [0.05, 0.1) is 10.8 Å². The molecule has 3 heteroatoms. The molecule has 2 N–H and O–H groups in total. The van der Waals surface area contributed by atoms with E-state index >= 15 is 0 Å². The Balaban J connectivity index is 1.83. The van der Waals surface area contributed by atoms with Crippen molar-refractivity contribution in [3.63, 3.8) is 0 Å². The number of fused-ring (bicyclic) bond motifs is 1. The molecule has 20 heavy (non-hydrogen) atoms. The minimum absolute atomic E-state index is 0.253. The molecular weight excluding hydrogens is 266 g/mol. The molecule has 4 unspecified atom stereocenters. The average Bonchev–Trinajstić information content (AvgIpc) is 2.93. The zero-order chi connectivity index (χ0) is 14.1. The van der Waals surface area contributed by atoms with E-state index in [1.54, 1.807) is 0 Å². The fourth-order valence-corrected chi connectivity index (χ4v) is 5.68. The molecule has 0 saturated heterocycles. The Morgan fingerprint density at radius 1 is 1.25 bits per heavy atom. The molecule has 0 spiro atoms. The van der Waals surface area contributed by atoms with Crippen molar-refractivity contribution in [2.24, 2.45) is 17.6 Å². The largest absolute Gasteiger partial charge is 0.330 e. The van der Waals surface area contributed by atoms with Crippen LogP contribution in [0.1, 0.15) is 43.7 Å². The van der Waals surface area contributed by atoms with Crippen LogP contribution in [-0.2, 0) is 23.6 Å². The highest BCUT2D eigenvalue weighted by molar-refractivity contribution is 7.85. The van der Waals surface area contributed by atoms with E-state index in [-0.39, 0.29) is 5.25 Å². The van der Waals surface area contributed by atoms with Crippen LogP contribution < -0.4 is 5.73 Å². The van der Waals surface area contributed by atoms with Crippen LogP contribution in [0.4, 0.5) is 0 Å². The highest BCUT2D eigenvalue weighted by atomic mass is 32.2.